The standard InChI is InChI=1S/C12H13F3N2O3/c13-12(14,15)8-16-6-10(18)17(7-11(19)20)9-4-2-1-3-5-9/h1-5,16H,6-8H2,(H,19,20). The van der Waals surface area contributed by atoms with E-state index in [0.29, 0.717) is 5.69 Å². The number of carbonyl (C=O) groups excluding carboxylic acids is 1. The molecule has 0 spiro atoms. The lowest BCUT2D eigenvalue weighted by Crippen LogP contribution is -2.43. The number of carbonyl (C=O) groups is 2. The number of nitrogens with zero attached hydrogens (tertiary/aromatic N) is 1. The molecule has 0 bridgehead atoms. The summed E-state index contributed by atoms with van der Waals surface area (Å²) in [6.07, 6.45) is -4.43. The van der Waals surface area contributed by atoms with Crippen molar-refractivity contribution >= 4 is 17.6 Å². The molecular formula is C12H13F3N2O3. The third kappa shape index (κ3) is 5.70. The molecule has 0 atom stereocenters. The van der Waals surface area contributed by atoms with Crippen LogP contribution in [-0.2, 0) is 9.59 Å². The fourth-order valence-electron chi connectivity index (χ4n) is 1.47. The van der Waals surface area contributed by atoms with Crippen molar-refractivity contribution in [1.29, 1.82) is 0 Å². The second-order valence-electron chi connectivity index (χ2n) is 3.93. The number of hydrogen-bond donors (Lipinski definition) is 2. The Balaban J connectivity index is 2.69. The van der Waals surface area contributed by atoms with Crippen molar-refractivity contribution in [1.82, 2.24) is 5.32 Å². The van der Waals surface area contributed by atoms with Gasteiger partial charge in [-0.15, -0.1) is 0 Å². The van der Waals surface area contributed by atoms with Crippen molar-refractivity contribution in [3.05, 3.63) is 30.3 Å². The lowest BCUT2D eigenvalue weighted by molar-refractivity contribution is -0.137. The smallest absolute Gasteiger partial charge is 0.401 e. The van der Waals surface area contributed by atoms with Crippen molar-refractivity contribution in [3.63, 3.8) is 0 Å². The average Bonchev–Trinajstić information content (AvgIpc) is 2.35. The quantitative estimate of drug-likeness (QED) is 0.827. The van der Waals surface area contributed by atoms with E-state index in [1.807, 2.05) is 5.32 Å². The fraction of sp³-hybridized carbons (Fsp3) is 0.333. The number of aliphatic carboxylic acids is 1. The highest BCUT2D eigenvalue weighted by Gasteiger charge is 2.27. The maximum atomic E-state index is 12.0. The SMILES string of the molecule is O=C(O)CN(C(=O)CNCC(F)(F)F)c1ccccc1. The number of benzene rings is 1. The minimum Gasteiger partial charge on any atom is -0.480 e. The monoisotopic (exact) mass is 290 g/mol. The summed E-state index contributed by atoms with van der Waals surface area (Å²) in [5, 5.41) is 10.7. The number of amides is 1. The number of carboxylic acids is 1. The van der Waals surface area contributed by atoms with E-state index < -0.39 is 37.7 Å². The Kier molecular flexibility index (Phi) is 5.51. The van der Waals surface area contributed by atoms with Crippen molar-refractivity contribution in [2.75, 3.05) is 24.5 Å². The predicted molar refractivity (Wildman–Crippen MR) is 65.4 cm³/mol. The van der Waals surface area contributed by atoms with Crippen LogP contribution in [0.2, 0.25) is 0 Å². The number of rotatable bonds is 6. The van der Waals surface area contributed by atoms with Crippen LogP contribution in [0.5, 0.6) is 0 Å². The topological polar surface area (TPSA) is 69.6 Å². The van der Waals surface area contributed by atoms with Crippen molar-refractivity contribution in [2.24, 2.45) is 0 Å². The average molecular weight is 290 g/mol. The van der Waals surface area contributed by atoms with Crippen LogP contribution in [0.4, 0.5) is 18.9 Å². The highest BCUT2D eigenvalue weighted by atomic mass is 19.4. The first-order valence-electron chi connectivity index (χ1n) is 5.64. The molecule has 2 N–H and O–H groups in total. The van der Waals surface area contributed by atoms with E-state index in [2.05, 4.69) is 0 Å². The summed E-state index contributed by atoms with van der Waals surface area (Å²) in [5.74, 6) is -2.00. The van der Waals surface area contributed by atoms with Gasteiger partial charge in [-0.25, -0.2) is 0 Å². The number of hydrogen-bond acceptors (Lipinski definition) is 3. The van der Waals surface area contributed by atoms with Crippen molar-refractivity contribution < 1.29 is 27.9 Å². The van der Waals surface area contributed by atoms with Gasteiger partial charge in [0, 0.05) is 5.69 Å². The number of anilines is 1. The maximum Gasteiger partial charge on any atom is 0.401 e. The van der Waals surface area contributed by atoms with Gasteiger partial charge in [0.15, 0.2) is 0 Å². The van der Waals surface area contributed by atoms with Crippen LogP contribution in [0.1, 0.15) is 0 Å². The molecule has 0 radical (unpaired) electrons. The molecule has 1 amide bonds. The van der Waals surface area contributed by atoms with Gasteiger partial charge >= 0.3 is 12.1 Å². The minimum atomic E-state index is -4.43. The van der Waals surface area contributed by atoms with Gasteiger partial charge in [-0.05, 0) is 12.1 Å². The van der Waals surface area contributed by atoms with E-state index in [4.69, 9.17) is 5.11 Å². The molecule has 8 heteroatoms. The van der Waals surface area contributed by atoms with E-state index >= 15 is 0 Å². The first-order chi connectivity index (χ1) is 9.29. The molecule has 0 aliphatic rings. The van der Waals surface area contributed by atoms with Crippen LogP contribution in [0.3, 0.4) is 0 Å². The summed E-state index contributed by atoms with van der Waals surface area (Å²) in [4.78, 5) is 23.4. The van der Waals surface area contributed by atoms with Crippen LogP contribution in [0, 0.1) is 0 Å². The Bertz CT molecular complexity index is 463. The second-order valence-corrected chi connectivity index (χ2v) is 3.93. The number of alkyl halides is 3. The van der Waals surface area contributed by atoms with E-state index in [0.717, 1.165) is 4.90 Å². The Morgan fingerprint density at radius 1 is 1.20 bits per heavy atom. The van der Waals surface area contributed by atoms with E-state index in [9.17, 15) is 22.8 Å². The Morgan fingerprint density at radius 2 is 1.80 bits per heavy atom. The summed E-state index contributed by atoms with van der Waals surface area (Å²) < 4.78 is 35.9. The molecule has 0 heterocycles. The van der Waals surface area contributed by atoms with E-state index in [1.54, 1.807) is 18.2 Å². The van der Waals surface area contributed by atoms with Gasteiger partial charge < -0.3 is 15.3 Å². The minimum absolute atomic E-state index is 0.314. The van der Waals surface area contributed by atoms with Gasteiger partial charge in [0.1, 0.15) is 6.54 Å². The molecular weight excluding hydrogens is 277 g/mol. The molecule has 1 rings (SSSR count). The molecule has 110 valence electrons. The first-order valence-corrected chi connectivity index (χ1v) is 5.64. The number of carboxylic acid groups (broad SMARTS) is 1. The van der Waals surface area contributed by atoms with Gasteiger partial charge in [0.25, 0.3) is 0 Å². The highest BCUT2D eigenvalue weighted by molar-refractivity contribution is 5.98. The molecule has 0 aliphatic heterocycles. The summed E-state index contributed by atoms with van der Waals surface area (Å²) in [6, 6.07) is 7.88. The normalized spacial score (nSPS) is 11.2. The summed E-state index contributed by atoms with van der Waals surface area (Å²) in [7, 11) is 0. The van der Waals surface area contributed by atoms with Crippen LogP contribution < -0.4 is 10.2 Å². The van der Waals surface area contributed by atoms with Crippen molar-refractivity contribution in [3.8, 4) is 0 Å². The zero-order chi connectivity index (χ0) is 15.2. The number of nitrogens with one attached hydrogen (secondary N) is 1. The van der Waals surface area contributed by atoms with Crippen LogP contribution in [0.25, 0.3) is 0 Å². The van der Waals surface area contributed by atoms with Crippen molar-refractivity contribution in [2.45, 2.75) is 6.18 Å². The van der Waals surface area contributed by atoms with Crippen LogP contribution in [-0.4, -0.2) is 42.8 Å². The largest absolute Gasteiger partial charge is 0.480 e. The van der Waals surface area contributed by atoms with Gasteiger partial charge in [0.05, 0.1) is 13.1 Å². The van der Waals surface area contributed by atoms with Crippen LogP contribution in [0.15, 0.2) is 30.3 Å². The fourth-order valence-corrected chi connectivity index (χ4v) is 1.47. The zero-order valence-corrected chi connectivity index (χ0v) is 10.4. The third-order valence-electron chi connectivity index (χ3n) is 2.26. The molecule has 1 aromatic carbocycles. The summed E-state index contributed by atoms with van der Waals surface area (Å²) >= 11 is 0. The Hall–Kier alpha value is -2.09. The van der Waals surface area contributed by atoms with Crippen LogP contribution >= 0.6 is 0 Å². The molecule has 0 saturated carbocycles. The van der Waals surface area contributed by atoms with Gasteiger partial charge in [-0.2, -0.15) is 13.2 Å². The van der Waals surface area contributed by atoms with Gasteiger partial charge in [-0.1, -0.05) is 18.2 Å². The molecule has 20 heavy (non-hydrogen) atoms. The molecule has 0 aromatic heterocycles. The molecule has 5 nitrogen and oxygen atoms in total. The number of para-hydroxylation sites is 1. The summed E-state index contributed by atoms with van der Waals surface area (Å²) in [6.45, 7) is -2.52. The lowest BCUT2D eigenvalue weighted by Gasteiger charge is -2.21. The van der Waals surface area contributed by atoms with Gasteiger partial charge in [0.2, 0.25) is 5.91 Å². The Morgan fingerprint density at radius 3 is 2.30 bits per heavy atom. The molecule has 1 aromatic rings. The highest BCUT2D eigenvalue weighted by Crippen LogP contribution is 2.14. The summed E-state index contributed by atoms with van der Waals surface area (Å²) in [5.41, 5.74) is 0.314. The maximum absolute atomic E-state index is 12.0. The molecule has 0 aliphatic carbocycles. The lowest BCUT2D eigenvalue weighted by atomic mass is 10.2. The van der Waals surface area contributed by atoms with E-state index in [-0.39, 0.29) is 0 Å². The Labute approximate surface area is 113 Å². The third-order valence-corrected chi connectivity index (χ3v) is 2.26. The molecule has 0 saturated heterocycles. The molecule has 0 unspecified atom stereocenters. The second kappa shape index (κ2) is 6.90. The number of halogens is 3. The first kappa shape index (κ1) is 16.0. The van der Waals surface area contributed by atoms with E-state index in [1.165, 1.54) is 12.1 Å². The molecule has 0 fully saturated rings. The zero-order valence-electron chi connectivity index (χ0n) is 10.4. The van der Waals surface area contributed by atoms with Gasteiger partial charge in [-0.3, -0.25) is 9.59 Å². The predicted octanol–water partition coefficient (Wildman–Crippen LogP) is 1.26.